The van der Waals surface area contributed by atoms with Crippen LogP contribution >= 0.6 is 0 Å². The van der Waals surface area contributed by atoms with Crippen LogP contribution in [0.1, 0.15) is 46.5 Å². The molecule has 1 aliphatic rings. The van der Waals surface area contributed by atoms with Gasteiger partial charge in [-0.2, -0.15) is 0 Å². The fraction of sp³-hybridized carbons (Fsp3) is 0.750. The van der Waals surface area contributed by atoms with Crippen molar-refractivity contribution in [1.82, 2.24) is 0 Å². The maximum atomic E-state index is 4.98. The molecule has 0 N–H and O–H groups in total. The van der Waals surface area contributed by atoms with Gasteiger partial charge in [0.2, 0.25) is 0 Å². The van der Waals surface area contributed by atoms with Crippen LogP contribution in [0.25, 0.3) is 0 Å². The SMILES string of the molecule is CC.COCCCC1=NC=C(C)CC1. The van der Waals surface area contributed by atoms with Gasteiger partial charge >= 0.3 is 0 Å². The molecule has 0 bridgehead atoms. The third kappa shape index (κ3) is 5.92. The van der Waals surface area contributed by atoms with Crippen LogP contribution in [-0.2, 0) is 4.74 Å². The van der Waals surface area contributed by atoms with E-state index in [2.05, 4.69) is 11.9 Å². The number of methoxy groups -OCH3 is 1. The van der Waals surface area contributed by atoms with E-state index < -0.39 is 0 Å². The molecule has 14 heavy (non-hydrogen) atoms. The summed E-state index contributed by atoms with van der Waals surface area (Å²) in [6, 6.07) is 0. The molecule has 0 aromatic rings. The van der Waals surface area contributed by atoms with Gasteiger partial charge < -0.3 is 4.74 Å². The molecule has 1 heterocycles. The summed E-state index contributed by atoms with van der Waals surface area (Å²) in [4.78, 5) is 4.38. The highest BCUT2D eigenvalue weighted by Crippen LogP contribution is 2.13. The summed E-state index contributed by atoms with van der Waals surface area (Å²) in [5.41, 5.74) is 2.73. The minimum absolute atomic E-state index is 0.849. The van der Waals surface area contributed by atoms with Gasteiger partial charge in [0.15, 0.2) is 0 Å². The normalized spacial score (nSPS) is 15.1. The topological polar surface area (TPSA) is 21.6 Å². The monoisotopic (exact) mass is 197 g/mol. The van der Waals surface area contributed by atoms with Gasteiger partial charge in [0, 0.05) is 25.6 Å². The Bertz CT molecular complexity index is 194. The molecule has 0 radical (unpaired) electrons. The van der Waals surface area contributed by atoms with E-state index in [0.29, 0.717) is 0 Å². The van der Waals surface area contributed by atoms with Crippen molar-refractivity contribution in [2.24, 2.45) is 4.99 Å². The number of nitrogens with zero attached hydrogens (tertiary/aromatic N) is 1. The van der Waals surface area contributed by atoms with Gasteiger partial charge in [-0.05, 0) is 32.6 Å². The predicted molar refractivity (Wildman–Crippen MR) is 62.9 cm³/mol. The third-order valence-corrected chi connectivity index (χ3v) is 2.09. The van der Waals surface area contributed by atoms with Crippen molar-refractivity contribution < 1.29 is 4.74 Å². The van der Waals surface area contributed by atoms with Gasteiger partial charge in [-0.25, -0.2) is 0 Å². The van der Waals surface area contributed by atoms with Gasteiger partial charge in [-0.1, -0.05) is 19.4 Å². The summed E-state index contributed by atoms with van der Waals surface area (Å²) in [7, 11) is 1.74. The summed E-state index contributed by atoms with van der Waals surface area (Å²) in [5.74, 6) is 0. The Morgan fingerprint density at radius 2 is 2.07 bits per heavy atom. The Balaban J connectivity index is 0.000000791. The van der Waals surface area contributed by atoms with Gasteiger partial charge in [0.25, 0.3) is 0 Å². The number of hydrogen-bond acceptors (Lipinski definition) is 2. The van der Waals surface area contributed by atoms with Crippen molar-refractivity contribution in [3.05, 3.63) is 11.8 Å². The van der Waals surface area contributed by atoms with Crippen LogP contribution < -0.4 is 0 Å². The lowest BCUT2D eigenvalue weighted by molar-refractivity contribution is 0.196. The van der Waals surface area contributed by atoms with E-state index in [1.54, 1.807) is 7.11 Å². The molecule has 2 heteroatoms. The van der Waals surface area contributed by atoms with Crippen LogP contribution in [0, 0.1) is 0 Å². The fourth-order valence-corrected chi connectivity index (χ4v) is 1.28. The van der Waals surface area contributed by atoms with E-state index in [-0.39, 0.29) is 0 Å². The lowest BCUT2D eigenvalue weighted by atomic mass is 10.0. The predicted octanol–water partition coefficient (Wildman–Crippen LogP) is 3.58. The Morgan fingerprint density at radius 3 is 2.57 bits per heavy atom. The highest BCUT2D eigenvalue weighted by Gasteiger charge is 2.03. The minimum Gasteiger partial charge on any atom is -0.385 e. The average molecular weight is 197 g/mol. The zero-order chi connectivity index (χ0) is 10.8. The van der Waals surface area contributed by atoms with Crippen molar-refractivity contribution in [3.8, 4) is 0 Å². The number of allylic oxidation sites excluding steroid dienone is 1. The molecule has 0 aromatic heterocycles. The zero-order valence-electron chi connectivity index (χ0n) is 9.97. The molecular formula is C12H23NO. The molecule has 0 saturated carbocycles. The van der Waals surface area contributed by atoms with E-state index in [4.69, 9.17) is 4.74 Å². The molecule has 0 aliphatic carbocycles. The van der Waals surface area contributed by atoms with Crippen molar-refractivity contribution in [3.63, 3.8) is 0 Å². The lowest BCUT2D eigenvalue weighted by Crippen LogP contribution is -2.03. The van der Waals surface area contributed by atoms with Crippen LogP contribution in [0.3, 0.4) is 0 Å². The Hall–Kier alpha value is -0.630. The van der Waals surface area contributed by atoms with Crippen LogP contribution in [0.2, 0.25) is 0 Å². The highest BCUT2D eigenvalue weighted by atomic mass is 16.5. The van der Waals surface area contributed by atoms with E-state index in [0.717, 1.165) is 25.9 Å². The smallest absolute Gasteiger partial charge is 0.0465 e. The highest BCUT2D eigenvalue weighted by molar-refractivity contribution is 5.85. The summed E-state index contributed by atoms with van der Waals surface area (Å²) in [6.45, 7) is 6.98. The minimum atomic E-state index is 0.849. The van der Waals surface area contributed by atoms with Crippen molar-refractivity contribution in [1.29, 1.82) is 0 Å². The van der Waals surface area contributed by atoms with Crippen molar-refractivity contribution >= 4 is 5.71 Å². The second kappa shape index (κ2) is 8.95. The second-order valence-corrected chi connectivity index (χ2v) is 3.27. The van der Waals surface area contributed by atoms with E-state index in [1.165, 1.54) is 17.7 Å². The molecular weight excluding hydrogens is 174 g/mol. The molecule has 0 spiro atoms. The van der Waals surface area contributed by atoms with Crippen molar-refractivity contribution in [2.45, 2.75) is 46.5 Å². The molecule has 1 rings (SSSR count). The van der Waals surface area contributed by atoms with Gasteiger partial charge in [-0.15, -0.1) is 0 Å². The maximum absolute atomic E-state index is 4.98. The zero-order valence-corrected chi connectivity index (χ0v) is 9.97. The molecule has 0 fully saturated rings. The summed E-state index contributed by atoms with van der Waals surface area (Å²) < 4.78 is 4.98. The third-order valence-electron chi connectivity index (χ3n) is 2.09. The lowest BCUT2D eigenvalue weighted by Gasteiger charge is -2.09. The standard InChI is InChI=1S/C10H17NO.C2H6/c1-9-5-6-10(11-8-9)4-3-7-12-2;1-2/h8H,3-7H2,1-2H3;1-2H3. The van der Waals surface area contributed by atoms with Crippen LogP contribution in [0.15, 0.2) is 16.8 Å². The molecule has 0 unspecified atom stereocenters. The molecule has 0 atom stereocenters. The van der Waals surface area contributed by atoms with Crippen LogP contribution in [0.4, 0.5) is 0 Å². The summed E-state index contributed by atoms with van der Waals surface area (Å²) in [5, 5.41) is 0. The molecule has 82 valence electrons. The quantitative estimate of drug-likeness (QED) is 0.631. The second-order valence-electron chi connectivity index (χ2n) is 3.27. The van der Waals surface area contributed by atoms with Gasteiger partial charge in [-0.3, -0.25) is 4.99 Å². The number of aliphatic imine (C=N–C) groups is 1. The van der Waals surface area contributed by atoms with E-state index >= 15 is 0 Å². The first-order valence-electron chi connectivity index (χ1n) is 5.53. The van der Waals surface area contributed by atoms with Crippen LogP contribution in [0.5, 0.6) is 0 Å². The Labute approximate surface area is 88.1 Å². The van der Waals surface area contributed by atoms with E-state index in [9.17, 15) is 0 Å². The molecule has 0 amide bonds. The van der Waals surface area contributed by atoms with Crippen LogP contribution in [-0.4, -0.2) is 19.4 Å². The van der Waals surface area contributed by atoms with E-state index in [1.807, 2.05) is 20.0 Å². The molecule has 2 nitrogen and oxygen atoms in total. The number of hydrogen-bond donors (Lipinski definition) is 0. The molecule has 1 aliphatic heterocycles. The van der Waals surface area contributed by atoms with Crippen molar-refractivity contribution in [2.75, 3.05) is 13.7 Å². The summed E-state index contributed by atoms with van der Waals surface area (Å²) in [6.07, 6.45) is 6.52. The number of ether oxygens (including phenoxy) is 1. The Morgan fingerprint density at radius 1 is 1.36 bits per heavy atom. The summed E-state index contributed by atoms with van der Waals surface area (Å²) >= 11 is 0. The molecule has 0 aromatic carbocycles. The fourth-order valence-electron chi connectivity index (χ4n) is 1.28. The molecule has 0 saturated heterocycles. The van der Waals surface area contributed by atoms with Gasteiger partial charge in [0.1, 0.15) is 0 Å². The number of rotatable bonds is 4. The average Bonchev–Trinajstić information content (AvgIpc) is 2.24. The largest absolute Gasteiger partial charge is 0.385 e. The van der Waals surface area contributed by atoms with Gasteiger partial charge in [0.05, 0.1) is 0 Å². The first-order chi connectivity index (χ1) is 6.83. The first-order valence-corrected chi connectivity index (χ1v) is 5.53. The first kappa shape index (κ1) is 13.4. The Kier molecular flexibility index (Phi) is 8.54. The maximum Gasteiger partial charge on any atom is 0.0465 e.